The Kier molecular flexibility index (Phi) is 6.38. The first-order valence-corrected chi connectivity index (χ1v) is 11.1. The van der Waals surface area contributed by atoms with Crippen molar-refractivity contribution in [3.63, 3.8) is 0 Å². The van der Waals surface area contributed by atoms with E-state index in [0.717, 1.165) is 30.0 Å². The first-order valence-electron chi connectivity index (χ1n) is 10.1. The van der Waals surface area contributed by atoms with Crippen molar-refractivity contribution >= 4 is 23.4 Å². The van der Waals surface area contributed by atoms with E-state index in [0.29, 0.717) is 36.3 Å². The van der Waals surface area contributed by atoms with Gasteiger partial charge in [-0.3, -0.25) is 9.69 Å². The molecule has 0 saturated carbocycles. The fourth-order valence-corrected chi connectivity index (χ4v) is 4.37. The summed E-state index contributed by atoms with van der Waals surface area (Å²) in [4.78, 5) is 25.5. The number of aryl methyl sites for hydroxylation is 2. The van der Waals surface area contributed by atoms with Crippen LogP contribution in [-0.2, 0) is 11.3 Å². The second-order valence-electron chi connectivity index (χ2n) is 7.56. The Hall–Kier alpha value is -2.72. The normalized spacial score (nSPS) is 14.9. The first kappa shape index (κ1) is 21.5. The van der Waals surface area contributed by atoms with Gasteiger partial charge in [-0.2, -0.15) is 4.98 Å². The van der Waals surface area contributed by atoms with E-state index in [1.807, 2.05) is 30.9 Å². The van der Waals surface area contributed by atoms with Crippen LogP contribution in [0.15, 0.2) is 29.4 Å². The number of halogens is 1. The van der Waals surface area contributed by atoms with Crippen LogP contribution >= 0.6 is 11.8 Å². The quantitative estimate of drug-likeness (QED) is 0.540. The van der Waals surface area contributed by atoms with E-state index in [1.165, 1.54) is 24.9 Å². The largest absolute Gasteiger partial charge is 0.494 e. The van der Waals surface area contributed by atoms with Gasteiger partial charge >= 0.3 is 0 Å². The summed E-state index contributed by atoms with van der Waals surface area (Å²) in [5.74, 6) is 0.805. The number of thioether (sulfide) groups is 1. The number of amides is 1. The molecule has 1 aromatic carbocycles. The van der Waals surface area contributed by atoms with E-state index < -0.39 is 0 Å². The predicted molar refractivity (Wildman–Crippen MR) is 116 cm³/mol. The van der Waals surface area contributed by atoms with Crippen LogP contribution in [-0.4, -0.2) is 74.3 Å². The molecule has 0 atom stereocenters. The number of carbonyl (C=O) groups is 1. The Bertz CT molecular complexity index is 1100. The zero-order valence-corrected chi connectivity index (χ0v) is 18.7. The summed E-state index contributed by atoms with van der Waals surface area (Å²) in [6.45, 7) is 7.32. The fourth-order valence-electron chi connectivity index (χ4n) is 3.65. The SMILES string of the molecule is COc1ccc(CN2CCN(C(=O)CSc3nc4nc(C)cc(C)n4n3)CC2)cc1F. The maximum Gasteiger partial charge on any atom is 0.253 e. The van der Waals surface area contributed by atoms with E-state index in [2.05, 4.69) is 20.0 Å². The van der Waals surface area contributed by atoms with Gasteiger partial charge in [0.2, 0.25) is 11.1 Å². The van der Waals surface area contributed by atoms with Gasteiger partial charge in [0.25, 0.3) is 5.78 Å². The molecule has 3 aromatic rings. The Balaban J connectivity index is 1.27. The predicted octanol–water partition coefficient (Wildman–Crippen LogP) is 2.33. The van der Waals surface area contributed by atoms with Gasteiger partial charge in [-0.1, -0.05) is 17.8 Å². The van der Waals surface area contributed by atoms with Crippen molar-refractivity contribution in [2.75, 3.05) is 39.0 Å². The number of hydrogen-bond donors (Lipinski definition) is 0. The molecule has 3 heterocycles. The molecule has 4 rings (SSSR count). The van der Waals surface area contributed by atoms with Crippen molar-refractivity contribution in [1.82, 2.24) is 29.4 Å². The standard InChI is InChI=1S/C21H25FN6O2S/c1-14-10-15(2)28-20(23-14)24-21(25-28)31-13-19(29)27-8-6-26(7-9-27)12-16-4-5-18(30-3)17(22)11-16/h4-5,10-11H,6-9,12-13H2,1-3H3. The molecule has 0 unspecified atom stereocenters. The lowest BCUT2D eigenvalue weighted by Gasteiger charge is -2.34. The number of methoxy groups -OCH3 is 1. The summed E-state index contributed by atoms with van der Waals surface area (Å²) in [5, 5.41) is 4.99. The number of piperazine rings is 1. The van der Waals surface area contributed by atoms with Crippen LogP contribution in [0.3, 0.4) is 0 Å². The maximum atomic E-state index is 13.9. The number of hydrogen-bond acceptors (Lipinski definition) is 7. The van der Waals surface area contributed by atoms with Crippen molar-refractivity contribution < 1.29 is 13.9 Å². The van der Waals surface area contributed by atoms with E-state index in [4.69, 9.17) is 4.74 Å². The molecule has 10 heteroatoms. The highest BCUT2D eigenvalue weighted by Crippen LogP contribution is 2.20. The van der Waals surface area contributed by atoms with Gasteiger partial charge in [-0.05, 0) is 37.6 Å². The highest BCUT2D eigenvalue weighted by Gasteiger charge is 2.22. The Labute approximate surface area is 184 Å². The average Bonchev–Trinajstić information content (AvgIpc) is 3.16. The monoisotopic (exact) mass is 444 g/mol. The van der Waals surface area contributed by atoms with Crippen molar-refractivity contribution in [1.29, 1.82) is 0 Å². The topological polar surface area (TPSA) is 75.9 Å². The number of nitrogens with zero attached hydrogens (tertiary/aromatic N) is 6. The summed E-state index contributed by atoms with van der Waals surface area (Å²) in [7, 11) is 1.45. The molecule has 1 amide bonds. The smallest absolute Gasteiger partial charge is 0.253 e. The average molecular weight is 445 g/mol. The van der Waals surface area contributed by atoms with Gasteiger partial charge in [0.05, 0.1) is 12.9 Å². The van der Waals surface area contributed by atoms with Crippen molar-refractivity contribution in [3.8, 4) is 5.75 Å². The molecule has 164 valence electrons. The summed E-state index contributed by atoms with van der Waals surface area (Å²) >= 11 is 1.33. The lowest BCUT2D eigenvalue weighted by Crippen LogP contribution is -2.48. The molecular weight excluding hydrogens is 419 g/mol. The van der Waals surface area contributed by atoms with Gasteiger partial charge in [0, 0.05) is 44.1 Å². The van der Waals surface area contributed by atoms with Crippen LogP contribution in [0.2, 0.25) is 0 Å². The number of carbonyl (C=O) groups excluding carboxylic acids is 1. The molecule has 1 aliphatic rings. The number of fused-ring (bicyclic) bond motifs is 1. The van der Waals surface area contributed by atoms with E-state index in [9.17, 15) is 9.18 Å². The van der Waals surface area contributed by atoms with Crippen molar-refractivity contribution in [2.45, 2.75) is 25.5 Å². The summed E-state index contributed by atoms with van der Waals surface area (Å²) < 4.78 is 20.6. The molecule has 31 heavy (non-hydrogen) atoms. The minimum Gasteiger partial charge on any atom is -0.494 e. The summed E-state index contributed by atoms with van der Waals surface area (Å²) in [5.41, 5.74) is 2.74. The minimum absolute atomic E-state index is 0.0693. The minimum atomic E-state index is -0.355. The summed E-state index contributed by atoms with van der Waals surface area (Å²) in [6.07, 6.45) is 0. The highest BCUT2D eigenvalue weighted by atomic mass is 32.2. The van der Waals surface area contributed by atoms with Gasteiger partial charge in [0.15, 0.2) is 11.6 Å². The Morgan fingerprint density at radius 2 is 1.94 bits per heavy atom. The zero-order chi connectivity index (χ0) is 22.0. The van der Waals surface area contributed by atoms with Crippen LogP contribution in [0.5, 0.6) is 5.75 Å². The Morgan fingerprint density at radius 3 is 2.65 bits per heavy atom. The molecule has 0 N–H and O–H groups in total. The molecule has 1 aliphatic heterocycles. The third kappa shape index (κ3) is 4.96. The number of benzene rings is 1. The van der Waals surface area contributed by atoms with Gasteiger partial charge < -0.3 is 9.64 Å². The van der Waals surface area contributed by atoms with E-state index in [1.54, 1.807) is 10.6 Å². The van der Waals surface area contributed by atoms with Gasteiger partial charge in [0.1, 0.15) is 0 Å². The fraction of sp³-hybridized carbons (Fsp3) is 0.429. The lowest BCUT2D eigenvalue weighted by atomic mass is 10.2. The van der Waals surface area contributed by atoms with Crippen LogP contribution in [0, 0.1) is 19.7 Å². The Morgan fingerprint density at radius 1 is 1.16 bits per heavy atom. The van der Waals surface area contributed by atoms with Crippen LogP contribution < -0.4 is 4.74 Å². The zero-order valence-electron chi connectivity index (χ0n) is 17.8. The molecular formula is C21H25FN6O2S. The lowest BCUT2D eigenvalue weighted by molar-refractivity contribution is -0.130. The van der Waals surface area contributed by atoms with E-state index >= 15 is 0 Å². The number of aromatic nitrogens is 4. The molecule has 1 fully saturated rings. The molecule has 2 aromatic heterocycles. The van der Waals surface area contributed by atoms with E-state index in [-0.39, 0.29) is 17.5 Å². The third-order valence-corrected chi connectivity index (χ3v) is 6.09. The van der Waals surface area contributed by atoms with Crippen molar-refractivity contribution in [2.24, 2.45) is 0 Å². The van der Waals surface area contributed by atoms with Crippen LogP contribution in [0.4, 0.5) is 4.39 Å². The van der Waals surface area contributed by atoms with Crippen molar-refractivity contribution in [3.05, 3.63) is 47.0 Å². The molecule has 0 aliphatic carbocycles. The molecule has 1 saturated heterocycles. The second kappa shape index (κ2) is 9.19. The second-order valence-corrected chi connectivity index (χ2v) is 8.50. The maximum absolute atomic E-state index is 13.9. The third-order valence-electron chi connectivity index (χ3n) is 5.27. The summed E-state index contributed by atoms with van der Waals surface area (Å²) in [6, 6.07) is 6.97. The number of rotatable bonds is 6. The number of ether oxygens (including phenoxy) is 1. The molecule has 0 spiro atoms. The first-order chi connectivity index (χ1) is 14.9. The van der Waals surface area contributed by atoms with Gasteiger partial charge in [-0.15, -0.1) is 5.10 Å². The van der Waals surface area contributed by atoms with Crippen LogP contribution in [0.25, 0.3) is 5.78 Å². The highest BCUT2D eigenvalue weighted by molar-refractivity contribution is 7.99. The molecule has 0 radical (unpaired) electrons. The molecule has 0 bridgehead atoms. The van der Waals surface area contributed by atoms with Gasteiger partial charge in [-0.25, -0.2) is 13.9 Å². The van der Waals surface area contributed by atoms with Crippen LogP contribution in [0.1, 0.15) is 17.0 Å². The molecule has 8 nitrogen and oxygen atoms in total.